The minimum Gasteiger partial charge on any atom is -0.351 e. The third kappa shape index (κ3) is 5.59. The maximum atomic E-state index is 12.6. The largest absolute Gasteiger partial charge is 0.351 e. The molecule has 1 aliphatic rings. The summed E-state index contributed by atoms with van der Waals surface area (Å²) in [5.74, 6) is -0.567. The van der Waals surface area contributed by atoms with Crippen LogP contribution in [0.2, 0.25) is 10.0 Å². The smallest absolute Gasteiger partial charge is 0.253 e. The van der Waals surface area contributed by atoms with Crippen molar-refractivity contribution in [1.29, 1.82) is 0 Å². The van der Waals surface area contributed by atoms with E-state index in [1.165, 1.54) is 6.07 Å². The molecular weight excluding hydrogens is 361 g/mol. The average molecular weight is 386 g/mol. The second-order valence-corrected chi connectivity index (χ2v) is 7.75. The molecule has 5 nitrogen and oxygen atoms in total. The van der Waals surface area contributed by atoms with Crippen molar-refractivity contribution in [2.45, 2.75) is 38.8 Å². The Kier molecular flexibility index (Phi) is 7.11. The number of nitrogens with zero attached hydrogens (tertiary/aromatic N) is 1. The molecule has 1 unspecified atom stereocenters. The van der Waals surface area contributed by atoms with Gasteiger partial charge in [0.05, 0.1) is 10.6 Å². The lowest BCUT2D eigenvalue weighted by Crippen LogP contribution is -2.53. The van der Waals surface area contributed by atoms with E-state index < -0.39 is 6.04 Å². The van der Waals surface area contributed by atoms with Gasteiger partial charge in [-0.15, -0.1) is 0 Å². The Morgan fingerprint density at radius 1 is 1.20 bits per heavy atom. The van der Waals surface area contributed by atoms with E-state index in [2.05, 4.69) is 22.6 Å². The predicted molar refractivity (Wildman–Crippen MR) is 101 cm³/mol. The summed E-state index contributed by atoms with van der Waals surface area (Å²) in [6.45, 7) is 5.74. The van der Waals surface area contributed by atoms with Crippen molar-refractivity contribution in [2.75, 3.05) is 20.1 Å². The number of nitrogens with one attached hydrogen (secondary N) is 2. The first-order chi connectivity index (χ1) is 11.8. The Hall–Kier alpha value is -1.30. The van der Waals surface area contributed by atoms with Crippen LogP contribution in [0.15, 0.2) is 18.2 Å². The van der Waals surface area contributed by atoms with E-state index in [-0.39, 0.29) is 28.8 Å². The quantitative estimate of drug-likeness (QED) is 0.818. The average Bonchev–Trinajstić information content (AvgIpc) is 2.54. The second-order valence-electron chi connectivity index (χ2n) is 6.91. The van der Waals surface area contributed by atoms with Crippen molar-refractivity contribution < 1.29 is 9.59 Å². The number of carbonyl (C=O) groups is 2. The van der Waals surface area contributed by atoms with Gasteiger partial charge in [-0.25, -0.2) is 0 Å². The SMILES string of the molecule is CC(C)C(NC(=O)c1ccc(Cl)cc1Cl)C(=O)NC1CCN(C)CC1. The van der Waals surface area contributed by atoms with Crippen molar-refractivity contribution in [1.82, 2.24) is 15.5 Å². The number of amides is 2. The third-order valence-electron chi connectivity index (χ3n) is 4.48. The molecule has 0 spiro atoms. The number of rotatable bonds is 5. The maximum Gasteiger partial charge on any atom is 0.253 e. The Labute approximate surface area is 159 Å². The minimum atomic E-state index is -0.612. The summed E-state index contributed by atoms with van der Waals surface area (Å²) in [6.07, 6.45) is 1.84. The molecule has 0 aromatic heterocycles. The van der Waals surface area contributed by atoms with Crippen LogP contribution in [0.3, 0.4) is 0 Å². The summed E-state index contributed by atoms with van der Waals surface area (Å²) in [5.41, 5.74) is 0.309. The minimum absolute atomic E-state index is 0.0405. The van der Waals surface area contributed by atoms with Crippen LogP contribution in [0.1, 0.15) is 37.0 Å². The standard InChI is InChI=1S/C18H25Cl2N3O2/c1-11(2)16(18(25)21-13-6-8-23(3)9-7-13)22-17(24)14-5-4-12(19)10-15(14)20/h4-5,10-11,13,16H,6-9H2,1-3H3,(H,21,25)(H,22,24). The molecule has 7 heteroatoms. The van der Waals surface area contributed by atoms with E-state index in [1.54, 1.807) is 12.1 Å². The van der Waals surface area contributed by atoms with Crippen LogP contribution in [0.25, 0.3) is 0 Å². The third-order valence-corrected chi connectivity index (χ3v) is 5.02. The van der Waals surface area contributed by atoms with Crippen LogP contribution in [0, 0.1) is 5.92 Å². The van der Waals surface area contributed by atoms with E-state index in [9.17, 15) is 9.59 Å². The first-order valence-electron chi connectivity index (χ1n) is 8.52. The number of piperidine rings is 1. The highest BCUT2D eigenvalue weighted by Gasteiger charge is 2.28. The Balaban J connectivity index is 2.02. The normalized spacial score (nSPS) is 17.4. The number of benzene rings is 1. The van der Waals surface area contributed by atoms with Gasteiger partial charge >= 0.3 is 0 Å². The molecule has 2 rings (SSSR count). The summed E-state index contributed by atoms with van der Waals surface area (Å²) >= 11 is 11.9. The lowest BCUT2D eigenvalue weighted by Gasteiger charge is -2.31. The van der Waals surface area contributed by atoms with E-state index in [0.717, 1.165) is 25.9 Å². The summed E-state index contributed by atoms with van der Waals surface area (Å²) in [4.78, 5) is 27.4. The van der Waals surface area contributed by atoms with Gasteiger partial charge in [0.1, 0.15) is 6.04 Å². The Morgan fingerprint density at radius 2 is 1.84 bits per heavy atom. The molecule has 0 radical (unpaired) electrons. The van der Waals surface area contributed by atoms with E-state index in [1.807, 2.05) is 13.8 Å². The van der Waals surface area contributed by atoms with Crippen molar-refractivity contribution in [3.63, 3.8) is 0 Å². The molecule has 1 aromatic carbocycles. The van der Waals surface area contributed by atoms with Gasteiger partial charge in [0.25, 0.3) is 5.91 Å². The molecule has 0 aliphatic carbocycles. The highest BCUT2D eigenvalue weighted by molar-refractivity contribution is 6.36. The fourth-order valence-electron chi connectivity index (χ4n) is 2.87. The Morgan fingerprint density at radius 3 is 2.40 bits per heavy atom. The van der Waals surface area contributed by atoms with E-state index >= 15 is 0 Å². The van der Waals surface area contributed by atoms with Crippen LogP contribution in [0.5, 0.6) is 0 Å². The molecule has 0 bridgehead atoms. The molecule has 1 aliphatic heterocycles. The van der Waals surface area contributed by atoms with Crippen LogP contribution in [-0.2, 0) is 4.79 Å². The zero-order valence-electron chi connectivity index (χ0n) is 14.8. The Bertz CT molecular complexity index is 629. The molecule has 1 saturated heterocycles. The van der Waals surface area contributed by atoms with Gasteiger partial charge in [0.15, 0.2) is 0 Å². The molecular formula is C18H25Cl2N3O2. The number of hydrogen-bond donors (Lipinski definition) is 2. The van der Waals surface area contributed by atoms with Crippen molar-refractivity contribution in [3.8, 4) is 0 Å². The van der Waals surface area contributed by atoms with Crippen molar-refractivity contribution >= 4 is 35.0 Å². The molecule has 2 N–H and O–H groups in total. The second kappa shape index (κ2) is 8.88. The summed E-state index contributed by atoms with van der Waals surface area (Å²) in [5, 5.41) is 6.60. The van der Waals surface area contributed by atoms with Gasteiger partial charge in [-0.2, -0.15) is 0 Å². The zero-order valence-corrected chi connectivity index (χ0v) is 16.3. The van der Waals surface area contributed by atoms with Crippen LogP contribution < -0.4 is 10.6 Å². The summed E-state index contributed by atoms with van der Waals surface area (Å²) < 4.78 is 0. The number of hydrogen-bond acceptors (Lipinski definition) is 3. The first kappa shape index (κ1) is 20.0. The van der Waals surface area contributed by atoms with Gasteiger partial charge < -0.3 is 15.5 Å². The maximum absolute atomic E-state index is 12.6. The van der Waals surface area contributed by atoms with Crippen LogP contribution in [0.4, 0.5) is 0 Å². The molecule has 0 saturated carbocycles. The van der Waals surface area contributed by atoms with Gasteiger partial charge in [-0.05, 0) is 57.1 Å². The lowest BCUT2D eigenvalue weighted by molar-refractivity contribution is -0.125. The van der Waals surface area contributed by atoms with Gasteiger partial charge in [-0.3, -0.25) is 9.59 Å². The van der Waals surface area contributed by atoms with Gasteiger partial charge in [-0.1, -0.05) is 37.0 Å². The van der Waals surface area contributed by atoms with Crippen molar-refractivity contribution in [2.24, 2.45) is 5.92 Å². The number of halogens is 2. The highest BCUT2D eigenvalue weighted by Crippen LogP contribution is 2.21. The fourth-order valence-corrected chi connectivity index (χ4v) is 3.37. The molecule has 1 aromatic rings. The first-order valence-corrected chi connectivity index (χ1v) is 9.28. The monoisotopic (exact) mass is 385 g/mol. The van der Waals surface area contributed by atoms with Gasteiger partial charge in [0, 0.05) is 11.1 Å². The molecule has 1 fully saturated rings. The zero-order chi connectivity index (χ0) is 18.6. The molecule has 1 atom stereocenters. The summed E-state index contributed by atoms with van der Waals surface area (Å²) in [7, 11) is 2.07. The topological polar surface area (TPSA) is 61.4 Å². The van der Waals surface area contributed by atoms with Crippen molar-refractivity contribution in [3.05, 3.63) is 33.8 Å². The highest BCUT2D eigenvalue weighted by atomic mass is 35.5. The molecule has 25 heavy (non-hydrogen) atoms. The lowest BCUT2D eigenvalue weighted by atomic mass is 10.0. The fraction of sp³-hybridized carbons (Fsp3) is 0.556. The molecule has 2 amide bonds. The van der Waals surface area contributed by atoms with E-state index in [4.69, 9.17) is 23.2 Å². The van der Waals surface area contributed by atoms with Crippen LogP contribution in [-0.4, -0.2) is 48.9 Å². The predicted octanol–water partition coefficient (Wildman–Crippen LogP) is 2.96. The van der Waals surface area contributed by atoms with Gasteiger partial charge in [0.2, 0.25) is 5.91 Å². The molecule has 1 heterocycles. The number of likely N-dealkylation sites (tertiary alicyclic amines) is 1. The molecule has 138 valence electrons. The number of carbonyl (C=O) groups excluding carboxylic acids is 2. The summed E-state index contributed by atoms with van der Waals surface area (Å²) in [6, 6.07) is 4.22. The van der Waals surface area contributed by atoms with E-state index in [0.29, 0.717) is 10.6 Å². The van der Waals surface area contributed by atoms with Crippen LogP contribution >= 0.6 is 23.2 Å².